The number of hydrogen-bond donors (Lipinski definition) is 0. The van der Waals surface area contributed by atoms with Crippen LogP contribution in [-0.2, 0) is 0 Å². The number of fused-ring (bicyclic) bond motifs is 2. The molecule has 0 aliphatic carbocycles. The van der Waals surface area contributed by atoms with Crippen LogP contribution in [0.15, 0.2) is 12.7 Å². The van der Waals surface area contributed by atoms with Gasteiger partial charge in [-0.25, -0.2) is 0 Å². The Morgan fingerprint density at radius 1 is 1.60 bits per heavy atom. The van der Waals surface area contributed by atoms with Crippen LogP contribution in [0.4, 0.5) is 0 Å². The van der Waals surface area contributed by atoms with Crippen LogP contribution >= 0.6 is 11.8 Å². The maximum Gasteiger partial charge on any atom is 0.0139 e. The van der Waals surface area contributed by atoms with E-state index in [0.29, 0.717) is 5.41 Å². The van der Waals surface area contributed by atoms with Crippen LogP contribution in [0.1, 0.15) is 26.2 Å². The van der Waals surface area contributed by atoms with Crippen molar-refractivity contribution in [1.82, 2.24) is 0 Å². The molecule has 0 saturated carbocycles. The quantitative estimate of drug-likeness (QED) is 0.523. The fourth-order valence-corrected chi connectivity index (χ4v) is 4.15. The van der Waals surface area contributed by atoms with E-state index in [2.05, 4.69) is 31.3 Å². The minimum absolute atomic E-state index is 0.480. The Balaban J connectivity index is 2.21. The van der Waals surface area contributed by atoms with E-state index in [4.69, 9.17) is 0 Å². The van der Waals surface area contributed by atoms with Gasteiger partial charge in [0.2, 0.25) is 0 Å². The average molecular weight is 154 g/mol. The van der Waals surface area contributed by atoms with Gasteiger partial charge in [0.25, 0.3) is 0 Å². The number of allylic oxidation sites excluding steroid dienone is 1. The van der Waals surface area contributed by atoms with Crippen LogP contribution in [0, 0.1) is 5.41 Å². The fourth-order valence-electron chi connectivity index (χ4n) is 2.18. The predicted octanol–water partition coefficient (Wildman–Crippen LogP) is 2.85. The lowest BCUT2D eigenvalue weighted by Gasteiger charge is -2.28. The molecular formula is C9H14S. The topological polar surface area (TPSA) is 0 Å². The maximum absolute atomic E-state index is 3.92. The summed E-state index contributed by atoms with van der Waals surface area (Å²) >= 11 is 2.19. The van der Waals surface area contributed by atoms with Gasteiger partial charge in [-0.3, -0.25) is 0 Å². The van der Waals surface area contributed by atoms with Crippen LogP contribution in [0.25, 0.3) is 0 Å². The van der Waals surface area contributed by atoms with E-state index >= 15 is 0 Å². The molecule has 2 heterocycles. The van der Waals surface area contributed by atoms with Gasteiger partial charge in [0, 0.05) is 10.5 Å². The molecule has 0 nitrogen and oxygen atoms in total. The SMILES string of the molecule is C=CC1(C)CC2CCC1S2. The Morgan fingerprint density at radius 3 is 2.70 bits per heavy atom. The van der Waals surface area contributed by atoms with Gasteiger partial charge in [0.1, 0.15) is 0 Å². The second-order valence-electron chi connectivity index (χ2n) is 3.74. The van der Waals surface area contributed by atoms with E-state index in [9.17, 15) is 0 Å². The summed E-state index contributed by atoms with van der Waals surface area (Å²) in [6.45, 7) is 6.28. The maximum atomic E-state index is 3.92. The summed E-state index contributed by atoms with van der Waals surface area (Å²) in [5.41, 5.74) is 0.480. The lowest BCUT2D eigenvalue weighted by molar-refractivity contribution is 0.337. The third kappa shape index (κ3) is 0.763. The standard InChI is InChI=1S/C9H14S/c1-3-9(2)6-7-4-5-8(9)10-7/h3,7-8H,1,4-6H2,2H3. The molecule has 1 heteroatoms. The summed E-state index contributed by atoms with van der Waals surface area (Å²) in [6.07, 6.45) is 6.44. The second kappa shape index (κ2) is 2.04. The third-order valence-corrected chi connectivity index (χ3v) is 4.87. The van der Waals surface area contributed by atoms with Gasteiger partial charge < -0.3 is 0 Å². The Bertz CT molecular complexity index is 164. The minimum atomic E-state index is 0.480. The third-order valence-electron chi connectivity index (χ3n) is 2.98. The van der Waals surface area contributed by atoms with Crippen molar-refractivity contribution in [2.75, 3.05) is 0 Å². The molecule has 3 atom stereocenters. The zero-order valence-electron chi connectivity index (χ0n) is 6.47. The highest BCUT2D eigenvalue weighted by molar-refractivity contribution is 8.01. The van der Waals surface area contributed by atoms with Crippen LogP contribution < -0.4 is 0 Å². The molecule has 0 amide bonds. The van der Waals surface area contributed by atoms with E-state index in [-0.39, 0.29) is 0 Å². The van der Waals surface area contributed by atoms with Crippen molar-refractivity contribution in [3.8, 4) is 0 Å². The normalized spacial score (nSPS) is 51.7. The molecule has 0 aromatic rings. The highest BCUT2D eigenvalue weighted by Gasteiger charge is 2.46. The van der Waals surface area contributed by atoms with Crippen LogP contribution in [0.5, 0.6) is 0 Å². The molecule has 10 heavy (non-hydrogen) atoms. The number of hydrogen-bond acceptors (Lipinski definition) is 1. The molecule has 3 unspecified atom stereocenters. The molecule has 2 aliphatic heterocycles. The zero-order valence-corrected chi connectivity index (χ0v) is 7.29. The summed E-state index contributed by atoms with van der Waals surface area (Å²) in [7, 11) is 0. The molecule has 0 aromatic heterocycles. The first kappa shape index (κ1) is 6.78. The van der Waals surface area contributed by atoms with Crippen LogP contribution in [-0.4, -0.2) is 10.5 Å². The molecule has 0 spiro atoms. The summed E-state index contributed by atoms with van der Waals surface area (Å²) < 4.78 is 0. The molecule has 0 aromatic carbocycles. The Labute approximate surface area is 67.1 Å². The average Bonchev–Trinajstić information content (AvgIpc) is 2.46. The van der Waals surface area contributed by atoms with Crippen molar-refractivity contribution in [3.63, 3.8) is 0 Å². The van der Waals surface area contributed by atoms with Gasteiger partial charge in [-0.1, -0.05) is 13.0 Å². The van der Waals surface area contributed by atoms with Crippen molar-refractivity contribution in [3.05, 3.63) is 12.7 Å². The van der Waals surface area contributed by atoms with Crippen molar-refractivity contribution in [1.29, 1.82) is 0 Å². The first-order valence-corrected chi connectivity index (χ1v) is 4.98. The highest BCUT2D eigenvalue weighted by Crippen LogP contribution is 2.56. The molecule has 0 radical (unpaired) electrons. The Hall–Kier alpha value is 0.0900. The van der Waals surface area contributed by atoms with Crippen molar-refractivity contribution in [2.24, 2.45) is 5.41 Å². The Morgan fingerprint density at radius 2 is 2.40 bits per heavy atom. The van der Waals surface area contributed by atoms with Gasteiger partial charge in [-0.2, -0.15) is 11.8 Å². The molecule has 56 valence electrons. The first-order valence-electron chi connectivity index (χ1n) is 4.04. The highest BCUT2D eigenvalue weighted by atomic mass is 32.2. The number of thioether (sulfide) groups is 1. The lowest BCUT2D eigenvalue weighted by atomic mass is 9.76. The summed E-state index contributed by atoms with van der Waals surface area (Å²) in [4.78, 5) is 0. The van der Waals surface area contributed by atoms with Gasteiger partial charge in [-0.15, -0.1) is 6.58 Å². The van der Waals surface area contributed by atoms with Crippen LogP contribution in [0.2, 0.25) is 0 Å². The van der Waals surface area contributed by atoms with Gasteiger partial charge in [0.05, 0.1) is 0 Å². The molecular weight excluding hydrogens is 140 g/mol. The monoisotopic (exact) mass is 154 g/mol. The molecule has 2 fully saturated rings. The minimum Gasteiger partial charge on any atom is -0.154 e. The predicted molar refractivity (Wildman–Crippen MR) is 47.3 cm³/mol. The van der Waals surface area contributed by atoms with Crippen molar-refractivity contribution in [2.45, 2.75) is 36.7 Å². The van der Waals surface area contributed by atoms with E-state index in [1.165, 1.54) is 19.3 Å². The lowest BCUT2D eigenvalue weighted by Crippen LogP contribution is -2.25. The zero-order chi connectivity index (χ0) is 7.19. The molecule has 2 rings (SSSR count). The van der Waals surface area contributed by atoms with E-state index in [1.54, 1.807) is 0 Å². The fraction of sp³-hybridized carbons (Fsp3) is 0.778. The number of rotatable bonds is 1. The largest absolute Gasteiger partial charge is 0.154 e. The molecule has 2 aliphatic rings. The van der Waals surface area contributed by atoms with Crippen LogP contribution in [0.3, 0.4) is 0 Å². The summed E-state index contributed by atoms with van der Waals surface area (Å²) in [6, 6.07) is 0. The summed E-state index contributed by atoms with van der Waals surface area (Å²) in [5.74, 6) is 0. The molecule has 2 saturated heterocycles. The molecule has 0 N–H and O–H groups in total. The summed E-state index contributed by atoms with van der Waals surface area (Å²) in [5, 5.41) is 1.86. The molecule has 2 bridgehead atoms. The van der Waals surface area contributed by atoms with Crippen molar-refractivity contribution >= 4 is 11.8 Å². The van der Waals surface area contributed by atoms with Gasteiger partial charge in [0.15, 0.2) is 0 Å². The van der Waals surface area contributed by atoms with Gasteiger partial charge >= 0.3 is 0 Å². The second-order valence-corrected chi connectivity index (χ2v) is 5.25. The van der Waals surface area contributed by atoms with E-state index < -0.39 is 0 Å². The van der Waals surface area contributed by atoms with Gasteiger partial charge in [-0.05, 0) is 24.7 Å². The smallest absolute Gasteiger partial charge is 0.0139 e. The van der Waals surface area contributed by atoms with Crippen molar-refractivity contribution < 1.29 is 0 Å². The first-order chi connectivity index (χ1) is 4.74. The van der Waals surface area contributed by atoms with E-state index in [1.807, 2.05) is 0 Å². The van der Waals surface area contributed by atoms with E-state index in [0.717, 1.165) is 10.5 Å². The Kier molecular flexibility index (Phi) is 1.38.